The van der Waals surface area contributed by atoms with Crippen molar-refractivity contribution >= 4 is 0 Å². The molecular formula is C14H23N. The van der Waals surface area contributed by atoms with Crippen LogP contribution in [0.25, 0.3) is 0 Å². The summed E-state index contributed by atoms with van der Waals surface area (Å²) >= 11 is 0. The van der Waals surface area contributed by atoms with E-state index in [9.17, 15) is 0 Å². The molecule has 1 atom stereocenters. The number of aryl methyl sites for hydroxylation is 1. The highest BCUT2D eigenvalue weighted by molar-refractivity contribution is 5.24. The molecule has 1 N–H and O–H groups in total. The smallest absolute Gasteiger partial charge is 0.0291 e. The molecule has 1 aromatic carbocycles. The van der Waals surface area contributed by atoms with E-state index in [4.69, 9.17) is 0 Å². The molecule has 0 saturated carbocycles. The van der Waals surface area contributed by atoms with Gasteiger partial charge in [-0.3, -0.25) is 0 Å². The van der Waals surface area contributed by atoms with E-state index >= 15 is 0 Å². The first kappa shape index (κ1) is 12.3. The zero-order valence-electron chi connectivity index (χ0n) is 10.2. The van der Waals surface area contributed by atoms with Crippen LogP contribution >= 0.6 is 0 Å². The highest BCUT2D eigenvalue weighted by Crippen LogP contribution is 2.13. The van der Waals surface area contributed by atoms with Crippen LogP contribution in [0, 0.1) is 0 Å². The van der Waals surface area contributed by atoms with E-state index in [1.54, 1.807) is 0 Å². The van der Waals surface area contributed by atoms with Gasteiger partial charge in [-0.25, -0.2) is 0 Å². The fraction of sp³-hybridized carbons (Fsp3) is 0.571. The summed E-state index contributed by atoms with van der Waals surface area (Å²) in [5.41, 5.74) is 2.81. The van der Waals surface area contributed by atoms with Crippen LogP contribution in [0.2, 0.25) is 0 Å². The van der Waals surface area contributed by atoms with E-state index in [-0.39, 0.29) is 0 Å². The second-order valence-corrected chi connectivity index (χ2v) is 4.12. The van der Waals surface area contributed by atoms with Crippen LogP contribution in [0.4, 0.5) is 0 Å². The largest absolute Gasteiger partial charge is 0.310 e. The molecular weight excluding hydrogens is 182 g/mol. The Balaban J connectivity index is 2.46. The Morgan fingerprint density at radius 3 is 2.33 bits per heavy atom. The first-order chi connectivity index (χ1) is 7.27. The van der Waals surface area contributed by atoms with E-state index in [2.05, 4.69) is 50.4 Å². The Morgan fingerprint density at radius 1 is 1.13 bits per heavy atom. The average Bonchev–Trinajstić information content (AvgIpc) is 2.29. The predicted molar refractivity (Wildman–Crippen MR) is 67.1 cm³/mol. The summed E-state index contributed by atoms with van der Waals surface area (Å²) in [6.07, 6.45) is 3.64. The highest BCUT2D eigenvalue weighted by atomic mass is 14.9. The van der Waals surface area contributed by atoms with Crippen molar-refractivity contribution < 1.29 is 0 Å². The fourth-order valence-electron chi connectivity index (χ4n) is 1.66. The number of rotatable bonds is 6. The van der Waals surface area contributed by atoms with Crippen molar-refractivity contribution in [1.29, 1.82) is 0 Å². The monoisotopic (exact) mass is 205 g/mol. The summed E-state index contributed by atoms with van der Waals surface area (Å²) in [5.74, 6) is 0. The van der Waals surface area contributed by atoms with Gasteiger partial charge in [0.15, 0.2) is 0 Å². The molecule has 0 heterocycles. The number of hydrogen-bond acceptors (Lipinski definition) is 1. The van der Waals surface area contributed by atoms with Crippen LogP contribution in [0.15, 0.2) is 24.3 Å². The third-order valence-electron chi connectivity index (χ3n) is 2.87. The van der Waals surface area contributed by atoms with Crippen LogP contribution in [-0.2, 0) is 6.42 Å². The van der Waals surface area contributed by atoms with Crippen LogP contribution in [0.3, 0.4) is 0 Å². The number of nitrogens with one attached hydrogen (secondary N) is 1. The molecule has 0 spiro atoms. The maximum absolute atomic E-state index is 3.54. The maximum atomic E-state index is 3.54. The molecule has 15 heavy (non-hydrogen) atoms. The zero-order valence-corrected chi connectivity index (χ0v) is 10.2. The van der Waals surface area contributed by atoms with Gasteiger partial charge in [-0.1, -0.05) is 44.5 Å². The van der Waals surface area contributed by atoms with Gasteiger partial charge in [0.05, 0.1) is 0 Å². The molecule has 0 aliphatic heterocycles. The van der Waals surface area contributed by atoms with Crippen molar-refractivity contribution in [2.75, 3.05) is 6.54 Å². The predicted octanol–water partition coefficient (Wildman–Crippen LogP) is 3.70. The summed E-state index contributed by atoms with van der Waals surface area (Å²) in [6.45, 7) is 7.77. The molecule has 1 heteroatoms. The van der Waals surface area contributed by atoms with E-state index in [1.165, 1.54) is 24.0 Å². The molecule has 0 saturated heterocycles. The van der Waals surface area contributed by atoms with Gasteiger partial charge in [0, 0.05) is 6.04 Å². The molecule has 1 aromatic rings. The van der Waals surface area contributed by atoms with Gasteiger partial charge in [-0.15, -0.1) is 0 Å². The number of unbranched alkanes of at least 4 members (excludes halogenated alkanes) is 1. The van der Waals surface area contributed by atoms with Gasteiger partial charge in [0.25, 0.3) is 0 Å². The SMILES string of the molecule is CCCCNC(C)c1ccc(CC)cc1. The normalized spacial score (nSPS) is 12.7. The molecule has 1 rings (SSSR count). The molecule has 84 valence electrons. The summed E-state index contributed by atoms with van der Waals surface area (Å²) in [6, 6.07) is 9.41. The summed E-state index contributed by atoms with van der Waals surface area (Å²) < 4.78 is 0. The molecule has 0 fully saturated rings. The van der Waals surface area contributed by atoms with Crippen molar-refractivity contribution in [3.63, 3.8) is 0 Å². The molecule has 0 aliphatic rings. The lowest BCUT2D eigenvalue weighted by Gasteiger charge is -2.14. The molecule has 1 unspecified atom stereocenters. The van der Waals surface area contributed by atoms with E-state index in [0.29, 0.717) is 6.04 Å². The average molecular weight is 205 g/mol. The van der Waals surface area contributed by atoms with Gasteiger partial charge < -0.3 is 5.32 Å². The van der Waals surface area contributed by atoms with Gasteiger partial charge in [0.1, 0.15) is 0 Å². The third kappa shape index (κ3) is 4.05. The van der Waals surface area contributed by atoms with E-state index in [0.717, 1.165) is 13.0 Å². The second-order valence-electron chi connectivity index (χ2n) is 4.12. The molecule has 0 radical (unpaired) electrons. The van der Waals surface area contributed by atoms with Crippen molar-refractivity contribution in [3.05, 3.63) is 35.4 Å². The number of hydrogen-bond donors (Lipinski definition) is 1. The molecule has 0 aliphatic carbocycles. The lowest BCUT2D eigenvalue weighted by Crippen LogP contribution is -2.19. The van der Waals surface area contributed by atoms with Crippen molar-refractivity contribution in [2.45, 2.75) is 46.1 Å². The lowest BCUT2D eigenvalue weighted by molar-refractivity contribution is 0.554. The van der Waals surface area contributed by atoms with Crippen molar-refractivity contribution in [2.24, 2.45) is 0 Å². The molecule has 1 nitrogen and oxygen atoms in total. The minimum absolute atomic E-state index is 0.474. The highest BCUT2D eigenvalue weighted by Gasteiger charge is 2.03. The van der Waals surface area contributed by atoms with Crippen molar-refractivity contribution in [1.82, 2.24) is 5.32 Å². The minimum atomic E-state index is 0.474. The van der Waals surface area contributed by atoms with Gasteiger partial charge in [-0.05, 0) is 37.4 Å². The lowest BCUT2D eigenvalue weighted by atomic mass is 10.0. The van der Waals surface area contributed by atoms with Gasteiger partial charge >= 0.3 is 0 Å². The fourth-order valence-corrected chi connectivity index (χ4v) is 1.66. The number of benzene rings is 1. The first-order valence-electron chi connectivity index (χ1n) is 6.10. The van der Waals surface area contributed by atoms with Crippen LogP contribution < -0.4 is 5.32 Å². The Morgan fingerprint density at radius 2 is 1.80 bits per heavy atom. The molecule has 0 amide bonds. The Kier molecular flexibility index (Phi) is 5.41. The Hall–Kier alpha value is -0.820. The second kappa shape index (κ2) is 6.62. The Labute approximate surface area is 93.9 Å². The summed E-state index contributed by atoms with van der Waals surface area (Å²) in [7, 11) is 0. The summed E-state index contributed by atoms with van der Waals surface area (Å²) in [5, 5.41) is 3.54. The first-order valence-corrected chi connectivity index (χ1v) is 6.10. The molecule has 0 bridgehead atoms. The van der Waals surface area contributed by atoms with Gasteiger partial charge in [-0.2, -0.15) is 0 Å². The van der Waals surface area contributed by atoms with E-state index in [1.807, 2.05) is 0 Å². The summed E-state index contributed by atoms with van der Waals surface area (Å²) in [4.78, 5) is 0. The van der Waals surface area contributed by atoms with Gasteiger partial charge in [0.2, 0.25) is 0 Å². The molecule has 0 aromatic heterocycles. The third-order valence-corrected chi connectivity index (χ3v) is 2.87. The minimum Gasteiger partial charge on any atom is -0.310 e. The maximum Gasteiger partial charge on any atom is 0.0291 e. The van der Waals surface area contributed by atoms with Crippen LogP contribution in [0.5, 0.6) is 0 Å². The van der Waals surface area contributed by atoms with Crippen LogP contribution in [-0.4, -0.2) is 6.54 Å². The van der Waals surface area contributed by atoms with Crippen LogP contribution in [0.1, 0.15) is 50.8 Å². The zero-order chi connectivity index (χ0) is 11.1. The standard InChI is InChI=1S/C14H23N/c1-4-6-11-15-12(3)14-9-7-13(5-2)8-10-14/h7-10,12,15H,4-6,11H2,1-3H3. The van der Waals surface area contributed by atoms with E-state index < -0.39 is 0 Å². The quantitative estimate of drug-likeness (QED) is 0.698. The Bertz CT molecular complexity index is 263. The topological polar surface area (TPSA) is 12.0 Å². The van der Waals surface area contributed by atoms with Crippen molar-refractivity contribution in [3.8, 4) is 0 Å².